The fourth-order valence-electron chi connectivity index (χ4n) is 7.47. The fourth-order valence-corrected chi connectivity index (χ4v) is 7.83. The van der Waals surface area contributed by atoms with Crippen LogP contribution in [0.4, 0.5) is 0 Å². The molecule has 3 aliphatic carbocycles. The zero-order valence-electron chi connectivity index (χ0n) is 19.3. The molecular formula is C35H19Br. The molecule has 0 heterocycles. The SMILES string of the molecule is Brc1ccc2c(c1)-c1ccccc1C21c2ccccc2-c2c1cc1c3c(cccc23)-c2ccccc2-1. The highest BCUT2D eigenvalue weighted by Crippen LogP contribution is 2.65. The van der Waals surface area contributed by atoms with Gasteiger partial charge >= 0.3 is 0 Å². The molecule has 0 saturated carbocycles. The van der Waals surface area contributed by atoms with Crippen LogP contribution in [0.3, 0.4) is 0 Å². The number of hydrogen-bond donors (Lipinski definition) is 0. The first kappa shape index (κ1) is 19.3. The minimum absolute atomic E-state index is 0.323. The topological polar surface area (TPSA) is 0 Å². The van der Waals surface area contributed by atoms with E-state index in [2.05, 4.69) is 131 Å². The van der Waals surface area contributed by atoms with Crippen LogP contribution in [0.5, 0.6) is 0 Å². The minimum atomic E-state index is -0.323. The van der Waals surface area contributed by atoms with Crippen LogP contribution in [0.25, 0.3) is 55.3 Å². The summed E-state index contributed by atoms with van der Waals surface area (Å²) in [5.74, 6) is 0. The van der Waals surface area contributed by atoms with Gasteiger partial charge in [0.05, 0.1) is 5.41 Å². The number of halogens is 1. The van der Waals surface area contributed by atoms with E-state index >= 15 is 0 Å². The Labute approximate surface area is 218 Å². The summed E-state index contributed by atoms with van der Waals surface area (Å²) in [6.45, 7) is 0. The second kappa shape index (κ2) is 6.43. The highest BCUT2D eigenvalue weighted by Gasteiger charge is 2.52. The molecule has 6 aromatic rings. The number of rotatable bonds is 0. The third-order valence-electron chi connectivity index (χ3n) is 8.68. The highest BCUT2D eigenvalue weighted by atomic mass is 79.9. The predicted octanol–water partition coefficient (Wildman–Crippen LogP) is 9.59. The van der Waals surface area contributed by atoms with Gasteiger partial charge in [0.15, 0.2) is 0 Å². The molecule has 0 radical (unpaired) electrons. The van der Waals surface area contributed by atoms with Crippen LogP contribution in [0.1, 0.15) is 22.3 Å². The zero-order chi connectivity index (χ0) is 23.6. The predicted molar refractivity (Wildman–Crippen MR) is 152 cm³/mol. The molecule has 0 saturated heterocycles. The van der Waals surface area contributed by atoms with Gasteiger partial charge in [0.1, 0.15) is 0 Å². The normalized spacial score (nSPS) is 17.1. The van der Waals surface area contributed by atoms with E-state index in [0.29, 0.717) is 0 Å². The van der Waals surface area contributed by atoms with Crippen molar-refractivity contribution in [3.63, 3.8) is 0 Å². The van der Waals surface area contributed by atoms with Gasteiger partial charge in [0, 0.05) is 4.47 Å². The average molecular weight is 519 g/mol. The molecule has 0 aliphatic heterocycles. The number of hydrogen-bond acceptors (Lipinski definition) is 0. The van der Waals surface area contributed by atoms with Crippen molar-refractivity contribution >= 4 is 26.7 Å². The van der Waals surface area contributed by atoms with Gasteiger partial charge in [-0.2, -0.15) is 0 Å². The quantitative estimate of drug-likeness (QED) is 0.187. The molecule has 3 aliphatic rings. The molecule has 1 unspecified atom stereocenters. The van der Waals surface area contributed by atoms with Crippen molar-refractivity contribution in [2.24, 2.45) is 0 Å². The van der Waals surface area contributed by atoms with Crippen molar-refractivity contribution in [2.75, 3.05) is 0 Å². The molecule has 0 aromatic heterocycles. The Bertz CT molecular complexity index is 1960. The fraction of sp³-hybridized carbons (Fsp3) is 0.0286. The largest absolute Gasteiger partial charge is 0.0725 e. The molecule has 1 spiro atoms. The van der Waals surface area contributed by atoms with Gasteiger partial charge < -0.3 is 0 Å². The Morgan fingerprint density at radius 1 is 0.417 bits per heavy atom. The van der Waals surface area contributed by atoms with E-state index in [9.17, 15) is 0 Å². The number of benzene rings is 6. The maximum absolute atomic E-state index is 3.76. The molecule has 0 amide bonds. The van der Waals surface area contributed by atoms with Crippen LogP contribution in [-0.4, -0.2) is 0 Å². The second-order valence-electron chi connectivity index (χ2n) is 10.2. The third kappa shape index (κ3) is 2.02. The summed E-state index contributed by atoms with van der Waals surface area (Å²) >= 11 is 3.76. The van der Waals surface area contributed by atoms with Crippen molar-refractivity contribution in [1.29, 1.82) is 0 Å². The van der Waals surface area contributed by atoms with Crippen LogP contribution in [0.15, 0.2) is 120 Å². The van der Waals surface area contributed by atoms with E-state index < -0.39 is 0 Å². The van der Waals surface area contributed by atoms with Gasteiger partial charge in [-0.1, -0.05) is 113 Å². The van der Waals surface area contributed by atoms with Crippen molar-refractivity contribution in [1.82, 2.24) is 0 Å². The average Bonchev–Trinajstić information content (AvgIpc) is 3.52. The summed E-state index contributed by atoms with van der Waals surface area (Å²) in [4.78, 5) is 0. The lowest BCUT2D eigenvalue weighted by Crippen LogP contribution is -2.25. The van der Waals surface area contributed by atoms with Crippen LogP contribution < -0.4 is 0 Å². The lowest BCUT2D eigenvalue weighted by molar-refractivity contribution is 0.794. The van der Waals surface area contributed by atoms with E-state index in [4.69, 9.17) is 0 Å². The van der Waals surface area contributed by atoms with E-state index in [0.717, 1.165) is 4.47 Å². The summed E-state index contributed by atoms with van der Waals surface area (Å²) in [5, 5.41) is 2.76. The summed E-state index contributed by atoms with van der Waals surface area (Å²) in [7, 11) is 0. The molecule has 0 bridgehead atoms. The molecule has 6 aromatic carbocycles. The van der Waals surface area contributed by atoms with Crippen molar-refractivity contribution in [3.05, 3.63) is 142 Å². The standard InChI is InChI=1S/C35H19Br/c36-20-16-17-31-27(18-20)23-10-3-5-14-29(23)35(31)30-15-6-4-11-25(30)34-26-13-7-12-24-21-8-1-2-9-22(21)28(33(24)26)19-32(34)35/h1-19H. The first-order valence-corrected chi connectivity index (χ1v) is 13.3. The van der Waals surface area contributed by atoms with Crippen LogP contribution in [0, 0.1) is 0 Å². The third-order valence-corrected chi connectivity index (χ3v) is 9.17. The van der Waals surface area contributed by atoms with Gasteiger partial charge in [0.2, 0.25) is 0 Å². The van der Waals surface area contributed by atoms with E-state index in [1.807, 2.05) is 0 Å². The summed E-state index contributed by atoms with van der Waals surface area (Å²) in [5.41, 5.74) is 16.1. The number of fused-ring (bicyclic) bond motifs is 14. The van der Waals surface area contributed by atoms with Crippen LogP contribution >= 0.6 is 15.9 Å². The summed E-state index contributed by atoms with van der Waals surface area (Å²) in [6, 6.07) is 43.3. The second-order valence-corrected chi connectivity index (χ2v) is 11.1. The first-order chi connectivity index (χ1) is 17.8. The van der Waals surface area contributed by atoms with E-state index in [-0.39, 0.29) is 5.41 Å². The molecule has 0 fully saturated rings. The van der Waals surface area contributed by atoms with Crippen LogP contribution in [-0.2, 0) is 5.41 Å². The van der Waals surface area contributed by atoms with Crippen molar-refractivity contribution in [3.8, 4) is 44.5 Å². The lowest BCUT2D eigenvalue weighted by Gasteiger charge is -2.31. The van der Waals surface area contributed by atoms with E-state index in [1.54, 1.807) is 0 Å². The molecule has 0 nitrogen and oxygen atoms in total. The van der Waals surface area contributed by atoms with Gasteiger partial charge in [-0.05, 0) is 95.7 Å². The summed E-state index contributed by atoms with van der Waals surface area (Å²) < 4.78 is 1.12. The molecule has 1 atom stereocenters. The Morgan fingerprint density at radius 2 is 1.03 bits per heavy atom. The van der Waals surface area contributed by atoms with Gasteiger partial charge in [-0.15, -0.1) is 0 Å². The molecule has 0 N–H and O–H groups in total. The van der Waals surface area contributed by atoms with Gasteiger partial charge in [0.25, 0.3) is 0 Å². The van der Waals surface area contributed by atoms with Crippen LogP contribution in [0.2, 0.25) is 0 Å². The smallest absolute Gasteiger partial charge is 0.0619 e. The molecule has 166 valence electrons. The van der Waals surface area contributed by atoms with Crippen molar-refractivity contribution in [2.45, 2.75) is 5.41 Å². The lowest BCUT2D eigenvalue weighted by atomic mass is 9.70. The minimum Gasteiger partial charge on any atom is -0.0619 e. The monoisotopic (exact) mass is 518 g/mol. The molecular weight excluding hydrogens is 500 g/mol. The Morgan fingerprint density at radius 3 is 1.83 bits per heavy atom. The Balaban J connectivity index is 1.54. The van der Waals surface area contributed by atoms with Gasteiger partial charge in [-0.25, -0.2) is 0 Å². The maximum atomic E-state index is 3.76. The first-order valence-electron chi connectivity index (χ1n) is 12.5. The Hall–Kier alpha value is -3.94. The van der Waals surface area contributed by atoms with E-state index in [1.165, 1.54) is 77.5 Å². The van der Waals surface area contributed by atoms with Gasteiger partial charge in [-0.3, -0.25) is 0 Å². The van der Waals surface area contributed by atoms with Crippen molar-refractivity contribution < 1.29 is 0 Å². The molecule has 36 heavy (non-hydrogen) atoms. The Kier molecular flexibility index (Phi) is 3.44. The molecule has 1 heteroatoms. The summed E-state index contributed by atoms with van der Waals surface area (Å²) in [6.07, 6.45) is 0. The maximum Gasteiger partial charge on any atom is 0.0725 e. The highest BCUT2D eigenvalue weighted by molar-refractivity contribution is 9.10. The zero-order valence-corrected chi connectivity index (χ0v) is 20.9. The molecule has 9 rings (SSSR count).